The standard InChI is InChI=1S/C22H23N5O2/c23-14-26-12-16-10-15(26)13-27(16)22(28)20-11-19(24-25-20)18-8-4-5-9-21(18)29-17-6-2-1-3-7-17/h1-9,15-16,19-20,24-25H,10-13H2/t15-,16-,19?,20?/m0/s1. The molecule has 0 spiro atoms. The SMILES string of the molecule is N#CN1C[C@@H]2C[C@H]1CN2C(=O)C1CC(c2ccccc2Oc2ccccc2)NN1. The van der Waals surface area contributed by atoms with Gasteiger partial charge in [-0.15, -0.1) is 0 Å². The van der Waals surface area contributed by atoms with Gasteiger partial charge in [0.25, 0.3) is 0 Å². The van der Waals surface area contributed by atoms with E-state index in [1.807, 2.05) is 59.5 Å². The molecule has 7 heteroatoms. The van der Waals surface area contributed by atoms with Crippen molar-refractivity contribution in [3.8, 4) is 17.7 Å². The first-order valence-corrected chi connectivity index (χ1v) is 10.0. The molecule has 3 fully saturated rings. The number of nitrogens with one attached hydrogen (secondary N) is 2. The number of fused-ring (bicyclic) bond motifs is 2. The molecule has 29 heavy (non-hydrogen) atoms. The van der Waals surface area contributed by atoms with E-state index in [2.05, 4.69) is 17.0 Å². The molecule has 1 amide bonds. The minimum Gasteiger partial charge on any atom is -0.457 e. The molecule has 2 N–H and O–H groups in total. The summed E-state index contributed by atoms with van der Waals surface area (Å²) in [4.78, 5) is 16.8. The van der Waals surface area contributed by atoms with Gasteiger partial charge >= 0.3 is 0 Å². The van der Waals surface area contributed by atoms with E-state index in [1.165, 1.54) is 0 Å². The number of piperazine rings is 1. The summed E-state index contributed by atoms with van der Waals surface area (Å²) in [5.41, 5.74) is 7.49. The van der Waals surface area contributed by atoms with Gasteiger partial charge in [-0.2, -0.15) is 5.26 Å². The summed E-state index contributed by atoms with van der Waals surface area (Å²) < 4.78 is 6.08. The zero-order chi connectivity index (χ0) is 19.8. The van der Waals surface area contributed by atoms with Gasteiger partial charge in [-0.1, -0.05) is 36.4 Å². The first-order chi connectivity index (χ1) is 14.2. The lowest BCUT2D eigenvalue weighted by molar-refractivity contribution is -0.135. The van der Waals surface area contributed by atoms with Crippen molar-refractivity contribution in [1.82, 2.24) is 20.7 Å². The molecule has 2 aromatic carbocycles. The highest BCUT2D eigenvalue weighted by atomic mass is 16.5. The Morgan fingerprint density at radius 3 is 2.55 bits per heavy atom. The van der Waals surface area contributed by atoms with E-state index in [4.69, 9.17) is 10.00 Å². The van der Waals surface area contributed by atoms with E-state index >= 15 is 0 Å². The van der Waals surface area contributed by atoms with Gasteiger partial charge in [0.15, 0.2) is 6.19 Å². The average Bonchev–Trinajstić information content (AvgIpc) is 3.50. The van der Waals surface area contributed by atoms with Crippen LogP contribution in [0.15, 0.2) is 54.6 Å². The van der Waals surface area contributed by atoms with Crippen molar-refractivity contribution in [2.45, 2.75) is 37.0 Å². The van der Waals surface area contributed by atoms with E-state index in [0.29, 0.717) is 19.5 Å². The molecule has 2 aromatic rings. The third-order valence-electron chi connectivity index (χ3n) is 6.12. The van der Waals surface area contributed by atoms with Crippen molar-refractivity contribution in [1.29, 1.82) is 5.26 Å². The molecule has 0 radical (unpaired) electrons. The Hall–Kier alpha value is -3.08. The van der Waals surface area contributed by atoms with Gasteiger partial charge in [-0.05, 0) is 31.0 Å². The average molecular weight is 389 g/mol. The van der Waals surface area contributed by atoms with Crippen molar-refractivity contribution in [2.75, 3.05) is 13.1 Å². The van der Waals surface area contributed by atoms with Gasteiger partial charge in [0.05, 0.1) is 18.1 Å². The number of para-hydroxylation sites is 2. The summed E-state index contributed by atoms with van der Waals surface area (Å²) in [5, 5.41) is 9.16. The molecule has 3 aliphatic heterocycles. The summed E-state index contributed by atoms with van der Waals surface area (Å²) in [6.07, 6.45) is 3.79. The van der Waals surface area contributed by atoms with Crippen LogP contribution in [0.1, 0.15) is 24.4 Å². The number of benzene rings is 2. The van der Waals surface area contributed by atoms with Crippen LogP contribution in [-0.2, 0) is 4.79 Å². The van der Waals surface area contributed by atoms with Crippen molar-refractivity contribution < 1.29 is 9.53 Å². The lowest BCUT2D eigenvalue weighted by Gasteiger charge is -2.32. The van der Waals surface area contributed by atoms with Gasteiger partial charge in [0.1, 0.15) is 17.5 Å². The van der Waals surface area contributed by atoms with Gasteiger partial charge in [0, 0.05) is 18.7 Å². The molecular formula is C22H23N5O2. The van der Waals surface area contributed by atoms with Crippen molar-refractivity contribution in [3.05, 3.63) is 60.2 Å². The maximum Gasteiger partial charge on any atom is 0.241 e. The molecule has 0 aromatic heterocycles. The summed E-state index contributed by atoms with van der Waals surface area (Å²) >= 11 is 0. The van der Waals surface area contributed by atoms with E-state index in [1.54, 1.807) is 4.90 Å². The third kappa shape index (κ3) is 3.31. The van der Waals surface area contributed by atoms with Gasteiger partial charge < -0.3 is 14.5 Å². The Morgan fingerprint density at radius 2 is 1.79 bits per heavy atom. The van der Waals surface area contributed by atoms with Crippen LogP contribution in [0.4, 0.5) is 0 Å². The molecule has 3 heterocycles. The molecule has 0 aliphatic carbocycles. The predicted molar refractivity (Wildman–Crippen MR) is 107 cm³/mol. The molecule has 3 saturated heterocycles. The second-order valence-electron chi connectivity index (χ2n) is 7.87. The normalized spacial score (nSPS) is 27.8. The topological polar surface area (TPSA) is 80.6 Å². The highest BCUT2D eigenvalue weighted by Crippen LogP contribution is 2.35. The van der Waals surface area contributed by atoms with Crippen LogP contribution >= 0.6 is 0 Å². The smallest absolute Gasteiger partial charge is 0.241 e. The van der Waals surface area contributed by atoms with E-state index in [9.17, 15) is 4.79 Å². The Bertz CT molecular complexity index is 944. The van der Waals surface area contributed by atoms with Crippen LogP contribution in [0.25, 0.3) is 0 Å². The predicted octanol–water partition coefficient (Wildman–Crippen LogP) is 2.15. The number of carbonyl (C=O) groups excluding carboxylic acids is 1. The number of amides is 1. The molecule has 5 rings (SSSR count). The van der Waals surface area contributed by atoms with E-state index in [-0.39, 0.29) is 30.1 Å². The Kier molecular flexibility index (Phi) is 4.58. The van der Waals surface area contributed by atoms with E-state index in [0.717, 1.165) is 23.5 Å². The fraction of sp³-hybridized carbons (Fsp3) is 0.364. The number of nitriles is 1. The molecule has 2 bridgehead atoms. The van der Waals surface area contributed by atoms with Crippen LogP contribution in [0, 0.1) is 11.5 Å². The molecule has 2 unspecified atom stereocenters. The Morgan fingerprint density at radius 1 is 1.00 bits per heavy atom. The van der Waals surface area contributed by atoms with Crippen LogP contribution in [0.2, 0.25) is 0 Å². The second kappa shape index (κ2) is 7.39. The minimum atomic E-state index is -0.278. The maximum atomic E-state index is 13.1. The van der Waals surface area contributed by atoms with Crippen molar-refractivity contribution in [3.63, 3.8) is 0 Å². The number of hydrazine groups is 1. The zero-order valence-corrected chi connectivity index (χ0v) is 16.0. The van der Waals surface area contributed by atoms with Gasteiger partial charge in [-0.3, -0.25) is 4.79 Å². The zero-order valence-electron chi connectivity index (χ0n) is 16.0. The lowest BCUT2D eigenvalue weighted by atomic mass is 10.00. The number of ether oxygens (including phenoxy) is 1. The first-order valence-electron chi connectivity index (χ1n) is 10.0. The van der Waals surface area contributed by atoms with Crippen molar-refractivity contribution >= 4 is 5.91 Å². The summed E-state index contributed by atoms with van der Waals surface area (Å²) in [6, 6.07) is 17.7. The Labute approximate surface area is 169 Å². The molecule has 148 valence electrons. The number of hydrogen-bond donors (Lipinski definition) is 2. The minimum absolute atomic E-state index is 0.0146. The summed E-state index contributed by atoms with van der Waals surface area (Å²) in [6.45, 7) is 1.30. The summed E-state index contributed by atoms with van der Waals surface area (Å²) in [5.74, 6) is 1.69. The molecular weight excluding hydrogens is 366 g/mol. The molecule has 3 aliphatic rings. The Balaban J connectivity index is 1.27. The van der Waals surface area contributed by atoms with Crippen molar-refractivity contribution in [2.24, 2.45) is 0 Å². The van der Waals surface area contributed by atoms with Gasteiger partial charge in [-0.25, -0.2) is 10.9 Å². The fourth-order valence-corrected chi connectivity index (χ4v) is 4.66. The maximum absolute atomic E-state index is 13.1. The number of hydrogen-bond acceptors (Lipinski definition) is 6. The van der Waals surface area contributed by atoms with Crippen LogP contribution in [0.5, 0.6) is 11.5 Å². The molecule has 0 saturated carbocycles. The highest BCUT2D eigenvalue weighted by Gasteiger charge is 2.47. The third-order valence-corrected chi connectivity index (χ3v) is 6.12. The fourth-order valence-electron chi connectivity index (χ4n) is 4.66. The van der Waals surface area contributed by atoms with Crippen LogP contribution in [0.3, 0.4) is 0 Å². The lowest BCUT2D eigenvalue weighted by Crippen LogP contribution is -2.52. The van der Waals surface area contributed by atoms with Gasteiger partial charge in [0.2, 0.25) is 5.91 Å². The quantitative estimate of drug-likeness (QED) is 0.780. The monoisotopic (exact) mass is 389 g/mol. The largest absolute Gasteiger partial charge is 0.457 e. The first kappa shape index (κ1) is 18.0. The van der Waals surface area contributed by atoms with Crippen LogP contribution in [-0.4, -0.2) is 46.9 Å². The number of rotatable bonds is 4. The summed E-state index contributed by atoms with van der Waals surface area (Å²) in [7, 11) is 0. The second-order valence-corrected chi connectivity index (χ2v) is 7.87. The highest BCUT2D eigenvalue weighted by molar-refractivity contribution is 5.83. The number of nitrogens with zero attached hydrogens (tertiary/aromatic N) is 3. The number of likely N-dealkylation sites (tertiary alicyclic amines) is 2. The molecule has 4 atom stereocenters. The molecule has 7 nitrogen and oxygen atoms in total. The van der Waals surface area contributed by atoms with Crippen LogP contribution < -0.4 is 15.6 Å². The number of carbonyl (C=O) groups is 1. The van der Waals surface area contributed by atoms with E-state index < -0.39 is 0 Å².